The van der Waals surface area contributed by atoms with E-state index in [9.17, 15) is 0 Å². The van der Waals surface area contributed by atoms with Crippen LogP contribution in [0, 0.1) is 13.8 Å². The Hall–Kier alpha value is 0. The molecule has 0 aromatic rings. The second kappa shape index (κ2) is 32.0. The summed E-state index contributed by atoms with van der Waals surface area (Å²) in [5.41, 5.74) is 0. The summed E-state index contributed by atoms with van der Waals surface area (Å²) in [6.07, 6.45) is 44.7. The molecule has 0 bridgehead atoms. The van der Waals surface area contributed by atoms with Crippen molar-refractivity contribution in [3.63, 3.8) is 0 Å². The molecule has 0 heterocycles. The van der Waals surface area contributed by atoms with E-state index in [1.165, 1.54) is 186 Å². The fraction of sp³-hybridized carbons (Fsp3) is 0.939. The number of unbranched alkanes of at least 4 members (excludes halogenated alkanes) is 30. The average molecular weight is 463 g/mol. The molecule has 0 amide bonds. The van der Waals surface area contributed by atoms with E-state index in [0.717, 1.165) is 12.8 Å². The molecule has 0 spiro atoms. The smallest absolute Gasteiger partial charge is 0.0533 e. The van der Waals surface area contributed by atoms with Gasteiger partial charge in [-0.3, -0.25) is 0 Å². The molecule has 0 aromatic carbocycles. The van der Waals surface area contributed by atoms with Crippen LogP contribution in [-0.2, 0) is 0 Å². The third-order valence-corrected chi connectivity index (χ3v) is 7.50. The molecule has 0 fully saturated rings. The van der Waals surface area contributed by atoms with E-state index in [1.807, 2.05) is 0 Å². The summed E-state index contributed by atoms with van der Waals surface area (Å²) in [6.45, 7) is 7.84. The van der Waals surface area contributed by atoms with Gasteiger partial charge in [-0.2, -0.15) is 0 Å². The largest absolute Gasteiger partial charge is 0.0533 e. The van der Waals surface area contributed by atoms with Crippen molar-refractivity contribution in [1.29, 1.82) is 0 Å². The Morgan fingerprint density at radius 2 is 0.242 bits per heavy atom. The van der Waals surface area contributed by atoms with Crippen LogP contribution in [0.15, 0.2) is 0 Å². The van der Waals surface area contributed by atoms with Crippen molar-refractivity contribution in [2.45, 2.75) is 199 Å². The molecule has 0 saturated carbocycles. The molecular weight excluding hydrogens is 396 g/mol. The SMILES string of the molecule is [CH2]CCCCCCCCCCCCCCCCCCCCCCCCCCCCCCC[CH2]. The van der Waals surface area contributed by atoms with Gasteiger partial charge in [0.15, 0.2) is 0 Å². The summed E-state index contributed by atoms with van der Waals surface area (Å²) in [7, 11) is 0. The van der Waals surface area contributed by atoms with E-state index in [4.69, 9.17) is 0 Å². The lowest BCUT2D eigenvalue weighted by Gasteiger charge is -2.04. The highest BCUT2D eigenvalue weighted by Crippen LogP contribution is 2.16. The van der Waals surface area contributed by atoms with E-state index in [0.29, 0.717) is 0 Å². The van der Waals surface area contributed by atoms with Gasteiger partial charge in [0, 0.05) is 0 Å². The quantitative estimate of drug-likeness (QED) is 0.0930. The molecule has 0 aliphatic carbocycles. The topological polar surface area (TPSA) is 0 Å². The highest BCUT2D eigenvalue weighted by atomic mass is 14.0. The Kier molecular flexibility index (Phi) is 32.0. The van der Waals surface area contributed by atoms with Crippen LogP contribution in [0.1, 0.15) is 199 Å². The van der Waals surface area contributed by atoms with Gasteiger partial charge in [0.25, 0.3) is 0 Å². The lowest BCUT2D eigenvalue weighted by atomic mass is 10.0. The van der Waals surface area contributed by atoms with Gasteiger partial charge in [0.1, 0.15) is 0 Å². The molecule has 0 aliphatic heterocycles. The first-order valence-corrected chi connectivity index (χ1v) is 16.0. The zero-order valence-electron chi connectivity index (χ0n) is 23.3. The van der Waals surface area contributed by atoms with Crippen molar-refractivity contribution in [2.75, 3.05) is 0 Å². The maximum absolute atomic E-state index is 3.92. The van der Waals surface area contributed by atoms with Crippen molar-refractivity contribution in [2.24, 2.45) is 0 Å². The Balaban J connectivity index is 2.99. The third kappa shape index (κ3) is 32.0. The second-order valence-corrected chi connectivity index (χ2v) is 11.0. The Labute approximate surface area is 212 Å². The van der Waals surface area contributed by atoms with Crippen molar-refractivity contribution < 1.29 is 0 Å². The molecule has 0 aromatic heterocycles. The zero-order valence-corrected chi connectivity index (χ0v) is 23.3. The lowest BCUT2D eigenvalue weighted by molar-refractivity contribution is 0.513. The molecule has 2 radical (unpaired) electrons. The first-order chi connectivity index (χ1) is 16.4. The van der Waals surface area contributed by atoms with Crippen molar-refractivity contribution in [1.82, 2.24) is 0 Å². The highest BCUT2D eigenvalue weighted by molar-refractivity contribution is 4.52. The van der Waals surface area contributed by atoms with Gasteiger partial charge in [0.05, 0.1) is 0 Å². The van der Waals surface area contributed by atoms with E-state index in [-0.39, 0.29) is 0 Å². The lowest BCUT2D eigenvalue weighted by Crippen LogP contribution is -1.85. The fourth-order valence-corrected chi connectivity index (χ4v) is 5.13. The molecular formula is C33H66. The molecule has 0 nitrogen and oxygen atoms in total. The van der Waals surface area contributed by atoms with Gasteiger partial charge < -0.3 is 0 Å². The Bertz CT molecular complexity index is 277. The summed E-state index contributed by atoms with van der Waals surface area (Å²) in [4.78, 5) is 0. The number of rotatable bonds is 30. The molecule has 0 N–H and O–H groups in total. The summed E-state index contributed by atoms with van der Waals surface area (Å²) in [5, 5.41) is 0. The first-order valence-electron chi connectivity index (χ1n) is 16.0. The van der Waals surface area contributed by atoms with Crippen LogP contribution in [0.4, 0.5) is 0 Å². The van der Waals surface area contributed by atoms with Crippen LogP contribution in [0.5, 0.6) is 0 Å². The van der Waals surface area contributed by atoms with Crippen LogP contribution in [-0.4, -0.2) is 0 Å². The fourth-order valence-electron chi connectivity index (χ4n) is 5.13. The summed E-state index contributed by atoms with van der Waals surface area (Å²) < 4.78 is 0. The number of hydrogen-bond acceptors (Lipinski definition) is 0. The van der Waals surface area contributed by atoms with Crippen molar-refractivity contribution in [3.05, 3.63) is 13.8 Å². The van der Waals surface area contributed by atoms with Gasteiger partial charge in [-0.1, -0.05) is 213 Å². The Morgan fingerprint density at radius 1 is 0.152 bits per heavy atom. The minimum Gasteiger partial charge on any atom is -0.0533 e. The van der Waals surface area contributed by atoms with Crippen LogP contribution in [0.2, 0.25) is 0 Å². The normalized spacial score (nSPS) is 11.5. The molecule has 0 atom stereocenters. The number of hydrogen-bond donors (Lipinski definition) is 0. The summed E-state index contributed by atoms with van der Waals surface area (Å²) >= 11 is 0. The van der Waals surface area contributed by atoms with Crippen molar-refractivity contribution in [3.8, 4) is 0 Å². The summed E-state index contributed by atoms with van der Waals surface area (Å²) in [5.74, 6) is 0. The van der Waals surface area contributed by atoms with Gasteiger partial charge in [0.2, 0.25) is 0 Å². The molecule has 0 saturated heterocycles. The zero-order chi connectivity index (χ0) is 23.9. The minimum atomic E-state index is 1.12. The Morgan fingerprint density at radius 3 is 0.333 bits per heavy atom. The summed E-state index contributed by atoms with van der Waals surface area (Å²) in [6, 6.07) is 0. The van der Waals surface area contributed by atoms with Gasteiger partial charge in [-0.25, -0.2) is 0 Å². The van der Waals surface area contributed by atoms with Crippen LogP contribution < -0.4 is 0 Å². The molecule has 198 valence electrons. The molecule has 0 unspecified atom stereocenters. The van der Waals surface area contributed by atoms with Gasteiger partial charge >= 0.3 is 0 Å². The van der Waals surface area contributed by atoms with Gasteiger partial charge in [-0.05, 0) is 0 Å². The predicted octanol–water partition coefficient (Wildman–Crippen LogP) is 12.7. The second-order valence-electron chi connectivity index (χ2n) is 11.0. The molecule has 0 aliphatic rings. The molecule has 0 heteroatoms. The molecule has 33 heavy (non-hydrogen) atoms. The average Bonchev–Trinajstić information content (AvgIpc) is 2.83. The highest BCUT2D eigenvalue weighted by Gasteiger charge is 1.96. The first kappa shape index (κ1) is 33.0. The molecule has 0 rings (SSSR count). The maximum Gasteiger partial charge on any atom is -0.0533 e. The third-order valence-electron chi connectivity index (χ3n) is 7.50. The monoisotopic (exact) mass is 463 g/mol. The van der Waals surface area contributed by atoms with Gasteiger partial charge in [-0.15, -0.1) is 0 Å². The van der Waals surface area contributed by atoms with E-state index in [2.05, 4.69) is 13.8 Å². The maximum atomic E-state index is 3.92. The van der Waals surface area contributed by atoms with Crippen molar-refractivity contribution >= 4 is 0 Å². The standard InChI is InChI=1S/C33H66/c1-3-5-7-9-11-13-15-17-19-21-23-25-27-29-31-33-32-30-28-26-24-22-20-18-16-14-12-10-8-6-4-2/h1-33H2. The van der Waals surface area contributed by atoms with E-state index < -0.39 is 0 Å². The van der Waals surface area contributed by atoms with Crippen LogP contribution in [0.25, 0.3) is 0 Å². The minimum absolute atomic E-state index is 1.12. The van der Waals surface area contributed by atoms with Crippen LogP contribution in [0.3, 0.4) is 0 Å². The van der Waals surface area contributed by atoms with Crippen LogP contribution >= 0.6 is 0 Å². The predicted molar refractivity (Wildman–Crippen MR) is 154 cm³/mol. The van der Waals surface area contributed by atoms with E-state index in [1.54, 1.807) is 0 Å². The van der Waals surface area contributed by atoms with E-state index >= 15 is 0 Å².